The smallest absolute Gasteiger partial charge is 0.336 e. The van der Waals surface area contributed by atoms with Gasteiger partial charge in [-0.05, 0) is 25.1 Å². The van der Waals surface area contributed by atoms with E-state index in [0.29, 0.717) is 6.07 Å². The average molecular weight is 439 g/mol. The number of amides is 3. The highest BCUT2D eigenvalue weighted by atomic mass is 32.2. The Labute approximate surface area is 168 Å². The first-order chi connectivity index (χ1) is 14.1. The maximum Gasteiger partial charge on any atom is 0.336 e. The molecule has 3 rings (SSSR count). The molecule has 30 heavy (non-hydrogen) atoms. The molecule has 0 spiro atoms. The topological polar surface area (TPSA) is 132 Å². The van der Waals surface area contributed by atoms with E-state index in [0.717, 1.165) is 18.3 Å². The molecule has 0 radical (unpaired) electrons. The molecule has 1 aromatic carbocycles. The van der Waals surface area contributed by atoms with E-state index in [4.69, 9.17) is 5.26 Å². The normalized spacial score (nSPS) is 15.6. The van der Waals surface area contributed by atoms with Crippen LogP contribution in [0.3, 0.4) is 0 Å². The molecule has 0 unspecified atom stereocenters. The van der Waals surface area contributed by atoms with E-state index in [9.17, 15) is 31.2 Å². The Morgan fingerprint density at radius 3 is 2.67 bits per heavy atom. The van der Waals surface area contributed by atoms with E-state index >= 15 is 0 Å². The summed E-state index contributed by atoms with van der Waals surface area (Å²) in [6.45, 7) is 0.260. The third-order valence-electron chi connectivity index (χ3n) is 4.14. The van der Waals surface area contributed by atoms with E-state index < -0.39 is 62.6 Å². The van der Waals surface area contributed by atoms with E-state index in [1.54, 1.807) is 6.07 Å². The van der Waals surface area contributed by atoms with Gasteiger partial charge in [0.05, 0.1) is 23.0 Å². The quantitative estimate of drug-likeness (QED) is 0.746. The molecule has 13 heteroatoms. The van der Waals surface area contributed by atoms with E-state index in [1.807, 2.05) is 0 Å². The first-order valence-electron chi connectivity index (χ1n) is 8.23. The van der Waals surface area contributed by atoms with E-state index in [1.165, 1.54) is 6.92 Å². The molecule has 1 aliphatic rings. The number of pyridine rings is 1. The molecule has 2 aromatic rings. The van der Waals surface area contributed by atoms with Gasteiger partial charge in [0.15, 0.2) is 11.6 Å². The van der Waals surface area contributed by atoms with Gasteiger partial charge in [0.1, 0.15) is 23.3 Å². The molecule has 0 fully saturated rings. The van der Waals surface area contributed by atoms with Crippen molar-refractivity contribution in [2.75, 3.05) is 11.9 Å². The Hall–Kier alpha value is -3.66. The molecule has 1 aliphatic heterocycles. The maximum atomic E-state index is 14.0. The number of carbonyl (C=O) groups is 2. The third kappa shape index (κ3) is 3.64. The number of anilines is 1. The summed E-state index contributed by atoms with van der Waals surface area (Å²) in [5.41, 5.74) is -0.738. The number of urea groups is 1. The molecule has 156 valence electrons. The summed E-state index contributed by atoms with van der Waals surface area (Å²) in [5, 5.41) is 13.0. The van der Waals surface area contributed by atoms with Gasteiger partial charge in [0.25, 0.3) is 10.0 Å². The van der Waals surface area contributed by atoms with E-state index in [-0.39, 0.29) is 15.6 Å². The summed E-state index contributed by atoms with van der Waals surface area (Å²) in [7, 11) is -4.88. The molecule has 3 amide bonds. The zero-order valence-electron chi connectivity index (χ0n) is 15.1. The summed E-state index contributed by atoms with van der Waals surface area (Å²) < 4.78 is 66.7. The summed E-state index contributed by atoms with van der Waals surface area (Å²) in [4.78, 5) is 27.0. The number of fused-ring (bicyclic) bond motifs is 1. The lowest BCUT2D eigenvalue weighted by Crippen LogP contribution is -2.49. The number of aromatic nitrogens is 1. The van der Waals surface area contributed by atoms with Gasteiger partial charge in [-0.3, -0.25) is 9.78 Å². The Kier molecular flexibility index (Phi) is 5.36. The Balaban J connectivity index is 1.82. The first-order valence-corrected chi connectivity index (χ1v) is 9.67. The lowest BCUT2D eigenvalue weighted by Gasteiger charge is -2.28. The summed E-state index contributed by atoms with van der Waals surface area (Å²) in [5.74, 6) is -5.06. The van der Waals surface area contributed by atoms with Crippen LogP contribution in [0.15, 0.2) is 29.3 Å². The Morgan fingerprint density at radius 2 is 2.03 bits per heavy atom. The van der Waals surface area contributed by atoms with Crippen LogP contribution in [0.4, 0.5) is 23.7 Å². The van der Waals surface area contributed by atoms with Crippen molar-refractivity contribution in [1.82, 2.24) is 14.6 Å². The third-order valence-corrected chi connectivity index (χ3v) is 5.93. The fourth-order valence-electron chi connectivity index (χ4n) is 2.75. The minimum absolute atomic E-state index is 0.0302. The van der Waals surface area contributed by atoms with Crippen LogP contribution in [0.5, 0.6) is 0 Å². The van der Waals surface area contributed by atoms with Gasteiger partial charge >= 0.3 is 6.03 Å². The Bertz CT molecular complexity index is 1210. The van der Waals surface area contributed by atoms with Crippen LogP contribution >= 0.6 is 0 Å². The Morgan fingerprint density at radius 1 is 1.33 bits per heavy atom. The molecule has 9 nitrogen and oxygen atoms in total. The standard InChI is InChI=1S/C17H12F3N5O4S/c1-8(15-11(19)4-9(5-21)6-22-15)23-13(26)7-25-17(27)24-12-3-2-10(18)14(20)16(12)30(25,28)29/h2-4,6,8H,7H2,1H3,(H,23,26)(H,24,27)/t8-/m0/s1. The maximum absolute atomic E-state index is 14.0. The van der Waals surface area contributed by atoms with Crippen molar-refractivity contribution in [3.8, 4) is 6.07 Å². The number of carbonyl (C=O) groups excluding carboxylic acids is 2. The highest BCUT2D eigenvalue weighted by Gasteiger charge is 2.41. The SMILES string of the molecule is C[C@H](NC(=O)CN1C(=O)Nc2ccc(F)c(F)c2S1(=O)=O)c1ncc(C#N)cc1F. The van der Waals surface area contributed by atoms with Crippen LogP contribution in [0.25, 0.3) is 0 Å². The van der Waals surface area contributed by atoms with Crippen molar-refractivity contribution < 1.29 is 31.2 Å². The van der Waals surface area contributed by atoms with Crippen LogP contribution in [-0.2, 0) is 14.8 Å². The fraction of sp³-hybridized carbons (Fsp3) is 0.176. The van der Waals surface area contributed by atoms with Gasteiger partial charge in [0.2, 0.25) is 5.91 Å². The lowest BCUT2D eigenvalue weighted by molar-refractivity contribution is -0.121. The number of hydrogen-bond acceptors (Lipinski definition) is 6. The van der Waals surface area contributed by atoms with Crippen LogP contribution < -0.4 is 10.6 Å². The summed E-state index contributed by atoms with van der Waals surface area (Å²) >= 11 is 0. The van der Waals surface area contributed by atoms with Gasteiger partial charge in [-0.25, -0.2) is 30.7 Å². The van der Waals surface area contributed by atoms with Crippen LogP contribution in [0.2, 0.25) is 0 Å². The zero-order chi connectivity index (χ0) is 22.2. The van der Waals surface area contributed by atoms with Gasteiger partial charge in [-0.2, -0.15) is 5.26 Å². The second kappa shape index (κ2) is 7.64. The summed E-state index contributed by atoms with van der Waals surface area (Å²) in [6.07, 6.45) is 1.08. The molecule has 1 atom stereocenters. The highest BCUT2D eigenvalue weighted by molar-refractivity contribution is 7.90. The lowest BCUT2D eigenvalue weighted by atomic mass is 10.1. The second-order valence-corrected chi connectivity index (χ2v) is 7.97. The van der Waals surface area contributed by atoms with Crippen molar-refractivity contribution in [2.45, 2.75) is 17.9 Å². The molecule has 2 heterocycles. The number of sulfonamides is 1. The van der Waals surface area contributed by atoms with Crippen molar-refractivity contribution in [3.63, 3.8) is 0 Å². The summed E-state index contributed by atoms with van der Waals surface area (Å²) in [6, 6.07) is 1.82. The average Bonchev–Trinajstić information content (AvgIpc) is 2.67. The van der Waals surface area contributed by atoms with Crippen LogP contribution in [0.1, 0.15) is 24.2 Å². The van der Waals surface area contributed by atoms with Crippen LogP contribution in [-0.4, -0.2) is 36.2 Å². The monoisotopic (exact) mass is 439 g/mol. The van der Waals surface area contributed by atoms with Gasteiger partial charge in [-0.15, -0.1) is 0 Å². The van der Waals surface area contributed by atoms with E-state index in [2.05, 4.69) is 15.6 Å². The van der Waals surface area contributed by atoms with Crippen molar-refractivity contribution in [3.05, 3.63) is 53.1 Å². The molecule has 0 bridgehead atoms. The number of nitrogens with one attached hydrogen (secondary N) is 2. The number of nitriles is 1. The predicted octanol–water partition coefficient (Wildman–Crippen LogP) is 1.78. The number of halogens is 3. The fourth-order valence-corrected chi connectivity index (χ4v) is 4.24. The number of nitrogens with zero attached hydrogens (tertiary/aromatic N) is 3. The predicted molar refractivity (Wildman–Crippen MR) is 94.7 cm³/mol. The number of benzene rings is 1. The first kappa shape index (κ1) is 21.1. The van der Waals surface area contributed by atoms with Crippen LogP contribution in [0, 0.1) is 28.8 Å². The number of rotatable bonds is 4. The van der Waals surface area contributed by atoms with Gasteiger partial charge in [0, 0.05) is 6.20 Å². The largest absolute Gasteiger partial charge is 0.346 e. The number of hydrogen-bond donors (Lipinski definition) is 2. The van der Waals surface area contributed by atoms with Gasteiger partial charge in [-0.1, -0.05) is 0 Å². The second-order valence-electron chi connectivity index (χ2n) is 6.17. The van der Waals surface area contributed by atoms with Crippen molar-refractivity contribution >= 4 is 27.6 Å². The van der Waals surface area contributed by atoms with Gasteiger partial charge < -0.3 is 10.6 Å². The minimum Gasteiger partial charge on any atom is -0.346 e. The van der Waals surface area contributed by atoms with Crippen molar-refractivity contribution in [2.24, 2.45) is 0 Å². The molecular formula is C17H12F3N5O4S. The molecule has 0 saturated heterocycles. The minimum atomic E-state index is -4.88. The van der Waals surface area contributed by atoms with Crippen molar-refractivity contribution in [1.29, 1.82) is 5.26 Å². The molecular weight excluding hydrogens is 427 g/mol. The molecule has 2 N–H and O–H groups in total. The zero-order valence-corrected chi connectivity index (χ0v) is 15.9. The highest BCUT2D eigenvalue weighted by Crippen LogP contribution is 2.33. The molecule has 0 aliphatic carbocycles. The molecule has 1 aromatic heterocycles. The molecule has 0 saturated carbocycles.